The molecule has 1 atom stereocenters. The summed E-state index contributed by atoms with van der Waals surface area (Å²) in [4.78, 5) is 10.2. The highest BCUT2D eigenvalue weighted by Gasteiger charge is 2.25. The Hall–Kier alpha value is -0.990. The van der Waals surface area contributed by atoms with Gasteiger partial charge in [0.15, 0.2) is 6.23 Å². The minimum Gasteiger partial charge on any atom is -0.478 e. The zero-order valence-corrected chi connectivity index (χ0v) is 4.39. The van der Waals surface area contributed by atoms with E-state index in [9.17, 15) is 4.79 Å². The van der Waals surface area contributed by atoms with E-state index in [4.69, 9.17) is 4.74 Å². The first-order valence-electron chi connectivity index (χ1n) is 2.38. The molecule has 1 aliphatic rings. The van der Waals surface area contributed by atoms with Gasteiger partial charge in [-0.2, -0.15) is 0 Å². The molecule has 3 heteroatoms. The van der Waals surface area contributed by atoms with Crippen molar-refractivity contribution in [1.29, 1.82) is 0 Å². The molecule has 1 aliphatic heterocycles. The molecular formula is C5H7NO2. The van der Waals surface area contributed by atoms with Gasteiger partial charge >= 0.3 is 0 Å². The Balaban J connectivity index is 2.15. The minimum atomic E-state index is -0.111. The Morgan fingerprint density at radius 2 is 2.62 bits per heavy atom. The molecule has 8 heavy (non-hydrogen) atoms. The molecule has 1 N–H and O–H groups in total. The molecule has 0 spiro atoms. The lowest BCUT2D eigenvalue weighted by Gasteiger charge is -2.25. The van der Waals surface area contributed by atoms with Crippen LogP contribution in [0.1, 0.15) is 6.42 Å². The van der Waals surface area contributed by atoms with E-state index < -0.39 is 0 Å². The number of hydrogen-bond donors (Lipinski definition) is 1. The highest BCUT2D eigenvalue weighted by Crippen LogP contribution is 2.04. The Morgan fingerprint density at radius 3 is 3.00 bits per heavy atom. The summed E-state index contributed by atoms with van der Waals surface area (Å²) in [6.45, 7) is 3.33. The molecule has 0 saturated carbocycles. The van der Waals surface area contributed by atoms with Crippen molar-refractivity contribution >= 4 is 5.91 Å². The second-order valence-corrected chi connectivity index (χ2v) is 1.56. The molecule has 1 rings (SSSR count). The van der Waals surface area contributed by atoms with Crippen LogP contribution in [0.3, 0.4) is 0 Å². The lowest BCUT2D eigenvalue weighted by Crippen LogP contribution is -2.49. The Labute approximate surface area is 47.3 Å². The van der Waals surface area contributed by atoms with E-state index in [1.54, 1.807) is 0 Å². The highest BCUT2D eigenvalue weighted by atomic mass is 16.5. The maximum atomic E-state index is 10.2. The van der Waals surface area contributed by atoms with Gasteiger partial charge in [-0.25, -0.2) is 0 Å². The molecule has 1 unspecified atom stereocenters. The fourth-order valence-corrected chi connectivity index (χ4v) is 0.525. The van der Waals surface area contributed by atoms with Crippen LogP contribution in [0.15, 0.2) is 12.8 Å². The molecule has 0 aromatic heterocycles. The van der Waals surface area contributed by atoms with Crippen molar-refractivity contribution in [2.45, 2.75) is 12.6 Å². The topological polar surface area (TPSA) is 38.3 Å². The monoisotopic (exact) mass is 113 g/mol. The average molecular weight is 113 g/mol. The quantitative estimate of drug-likeness (QED) is 0.404. The second-order valence-electron chi connectivity index (χ2n) is 1.56. The molecule has 1 heterocycles. The van der Waals surface area contributed by atoms with Crippen LogP contribution in [0.4, 0.5) is 0 Å². The lowest BCUT2D eigenvalue weighted by molar-refractivity contribution is -0.136. The maximum Gasteiger partial charge on any atom is 0.228 e. The van der Waals surface area contributed by atoms with E-state index in [0.29, 0.717) is 6.42 Å². The van der Waals surface area contributed by atoms with Gasteiger partial charge in [0.2, 0.25) is 5.91 Å². The minimum absolute atomic E-state index is 0.0388. The Kier molecular flexibility index (Phi) is 1.20. The van der Waals surface area contributed by atoms with Gasteiger partial charge in [-0.1, -0.05) is 6.58 Å². The number of hydrogen-bond acceptors (Lipinski definition) is 2. The van der Waals surface area contributed by atoms with Crippen LogP contribution in [-0.2, 0) is 9.53 Å². The van der Waals surface area contributed by atoms with Crippen LogP contribution < -0.4 is 5.32 Å². The third kappa shape index (κ3) is 0.804. The summed E-state index contributed by atoms with van der Waals surface area (Å²) in [6, 6.07) is 0. The number of carbonyl (C=O) groups excluding carboxylic acids is 1. The van der Waals surface area contributed by atoms with Crippen LogP contribution in [0.25, 0.3) is 0 Å². The van der Waals surface area contributed by atoms with Crippen LogP contribution in [0.5, 0.6) is 0 Å². The van der Waals surface area contributed by atoms with Gasteiger partial charge in [-0.15, -0.1) is 0 Å². The van der Waals surface area contributed by atoms with E-state index in [2.05, 4.69) is 11.9 Å². The Bertz CT molecular complexity index is 111. The van der Waals surface area contributed by atoms with Gasteiger partial charge in [0.25, 0.3) is 0 Å². The van der Waals surface area contributed by atoms with E-state index in [1.165, 1.54) is 6.26 Å². The number of ether oxygens (including phenoxy) is 1. The molecule has 0 aromatic rings. The molecule has 1 saturated heterocycles. The second kappa shape index (κ2) is 1.86. The smallest absolute Gasteiger partial charge is 0.228 e. The third-order valence-corrected chi connectivity index (χ3v) is 0.953. The first-order valence-corrected chi connectivity index (χ1v) is 2.38. The van der Waals surface area contributed by atoms with Crippen molar-refractivity contribution < 1.29 is 9.53 Å². The number of amides is 1. The van der Waals surface area contributed by atoms with Gasteiger partial charge < -0.3 is 10.1 Å². The normalized spacial score (nSPS) is 25.5. The summed E-state index contributed by atoms with van der Waals surface area (Å²) in [6.07, 6.45) is 1.68. The predicted molar refractivity (Wildman–Crippen MR) is 27.8 cm³/mol. The fraction of sp³-hybridized carbons (Fsp3) is 0.400. The fourth-order valence-electron chi connectivity index (χ4n) is 0.525. The molecule has 0 bridgehead atoms. The van der Waals surface area contributed by atoms with Gasteiger partial charge in [-0.3, -0.25) is 4.79 Å². The molecule has 0 aromatic carbocycles. The third-order valence-electron chi connectivity index (χ3n) is 0.953. The maximum absolute atomic E-state index is 10.2. The molecule has 3 nitrogen and oxygen atoms in total. The van der Waals surface area contributed by atoms with Gasteiger partial charge in [0.1, 0.15) is 0 Å². The summed E-state index contributed by atoms with van der Waals surface area (Å²) in [5.41, 5.74) is 0. The van der Waals surface area contributed by atoms with E-state index in [-0.39, 0.29) is 12.1 Å². The molecule has 0 aliphatic carbocycles. The zero-order chi connectivity index (χ0) is 5.98. The summed E-state index contributed by atoms with van der Waals surface area (Å²) in [5.74, 6) is 0.0388. The standard InChI is InChI=1S/C5H7NO2/c1-2-8-5-3-4(7)6-5/h2,5H,1,3H2,(H,6,7). The lowest BCUT2D eigenvalue weighted by atomic mass is 10.2. The average Bonchev–Trinajstić information content (AvgIpc) is 1.64. The highest BCUT2D eigenvalue weighted by molar-refractivity contribution is 5.82. The molecule has 1 amide bonds. The largest absolute Gasteiger partial charge is 0.478 e. The molecular weight excluding hydrogens is 106 g/mol. The predicted octanol–water partition coefficient (Wildman–Crippen LogP) is -0.00750. The van der Waals surface area contributed by atoms with Crippen LogP contribution in [0, 0.1) is 0 Å². The van der Waals surface area contributed by atoms with Crippen molar-refractivity contribution in [1.82, 2.24) is 5.32 Å². The Morgan fingerprint density at radius 1 is 2.00 bits per heavy atom. The van der Waals surface area contributed by atoms with Crippen molar-refractivity contribution in [2.24, 2.45) is 0 Å². The van der Waals surface area contributed by atoms with Crippen LogP contribution >= 0.6 is 0 Å². The van der Waals surface area contributed by atoms with Gasteiger partial charge in [-0.05, 0) is 0 Å². The number of carbonyl (C=O) groups is 1. The zero-order valence-electron chi connectivity index (χ0n) is 4.39. The SMILES string of the molecule is C=COC1CC(=O)N1. The number of nitrogens with one attached hydrogen (secondary N) is 1. The van der Waals surface area contributed by atoms with Crippen molar-refractivity contribution in [3.8, 4) is 0 Å². The van der Waals surface area contributed by atoms with Crippen molar-refractivity contribution in [3.05, 3.63) is 12.8 Å². The van der Waals surface area contributed by atoms with Crippen LogP contribution in [-0.4, -0.2) is 12.1 Å². The van der Waals surface area contributed by atoms with E-state index in [0.717, 1.165) is 0 Å². The number of rotatable bonds is 2. The van der Waals surface area contributed by atoms with Gasteiger partial charge in [0, 0.05) is 0 Å². The number of β-lactam (4-membered cyclic amide) rings is 1. The molecule has 1 fully saturated rings. The summed E-state index contributed by atoms with van der Waals surface area (Å²) < 4.78 is 4.78. The van der Waals surface area contributed by atoms with E-state index in [1.807, 2.05) is 0 Å². The summed E-state index contributed by atoms with van der Waals surface area (Å²) in [5, 5.41) is 2.51. The first kappa shape index (κ1) is 5.15. The van der Waals surface area contributed by atoms with E-state index >= 15 is 0 Å². The summed E-state index contributed by atoms with van der Waals surface area (Å²) >= 11 is 0. The van der Waals surface area contributed by atoms with Crippen LogP contribution in [0.2, 0.25) is 0 Å². The summed E-state index contributed by atoms with van der Waals surface area (Å²) in [7, 11) is 0. The molecule has 0 radical (unpaired) electrons. The molecule has 44 valence electrons. The first-order chi connectivity index (χ1) is 3.83. The van der Waals surface area contributed by atoms with Crippen molar-refractivity contribution in [3.63, 3.8) is 0 Å². The van der Waals surface area contributed by atoms with Crippen molar-refractivity contribution in [2.75, 3.05) is 0 Å². The van der Waals surface area contributed by atoms with Gasteiger partial charge in [0.05, 0.1) is 12.7 Å².